The van der Waals surface area contributed by atoms with Crippen LogP contribution in [0, 0.1) is 0 Å². The standard InChI is InChI=1S/C15H19BrN2O2S/c16-11-1-3-12(4-2-11)17-15(19)9-18-6-8-21-14-10-20-7-5-13(14)18/h1-4,13-14H,5-10H2,(H,17,19). The molecule has 4 nitrogen and oxygen atoms in total. The van der Waals surface area contributed by atoms with Gasteiger partial charge in [0.15, 0.2) is 0 Å². The van der Waals surface area contributed by atoms with Crippen molar-refractivity contribution >= 4 is 39.3 Å². The van der Waals surface area contributed by atoms with Gasteiger partial charge in [0.2, 0.25) is 5.91 Å². The van der Waals surface area contributed by atoms with E-state index in [2.05, 4.69) is 26.1 Å². The van der Waals surface area contributed by atoms with E-state index in [0.29, 0.717) is 17.8 Å². The van der Waals surface area contributed by atoms with E-state index >= 15 is 0 Å². The minimum Gasteiger partial charge on any atom is -0.380 e. The zero-order valence-electron chi connectivity index (χ0n) is 11.8. The molecule has 0 bridgehead atoms. The molecule has 2 atom stereocenters. The van der Waals surface area contributed by atoms with Crippen molar-refractivity contribution in [3.63, 3.8) is 0 Å². The van der Waals surface area contributed by atoms with E-state index in [-0.39, 0.29) is 5.91 Å². The number of carbonyl (C=O) groups is 1. The van der Waals surface area contributed by atoms with Gasteiger partial charge in [-0.1, -0.05) is 15.9 Å². The highest BCUT2D eigenvalue weighted by molar-refractivity contribution is 9.10. The summed E-state index contributed by atoms with van der Waals surface area (Å²) in [5, 5.41) is 3.49. The van der Waals surface area contributed by atoms with Crippen molar-refractivity contribution in [2.24, 2.45) is 0 Å². The van der Waals surface area contributed by atoms with Crippen LogP contribution in [0.3, 0.4) is 0 Å². The van der Waals surface area contributed by atoms with E-state index in [1.54, 1.807) is 0 Å². The molecule has 2 aliphatic rings. The number of rotatable bonds is 3. The Labute approximate surface area is 137 Å². The number of halogens is 1. The van der Waals surface area contributed by atoms with Crippen LogP contribution in [0.5, 0.6) is 0 Å². The van der Waals surface area contributed by atoms with Crippen molar-refractivity contribution in [2.75, 3.05) is 37.4 Å². The molecular weight excluding hydrogens is 352 g/mol. The first-order valence-electron chi connectivity index (χ1n) is 7.21. The minimum atomic E-state index is 0.0643. The van der Waals surface area contributed by atoms with Gasteiger partial charge in [-0.3, -0.25) is 9.69 Å². The fourth-order valence-electron chi connectivity index (χ4n) is 2.88. The molecule has 1 aromatic rings. The number of carbonyl (C=O) groups excluding carboxylic acids is 1. The summed E-state index contributed by atoms with van der Waals surface area (Å²) in [5.74, 6) is 1.14. The molecule has 2 saturated heterocycles. The quantitative estimate of drug-likeness (QED) is 0.887. The van der Waals surface area contributed by atoms with Crippen LogP contribution < -0.4 is 5.32 Å². The summed E-state index contributed by atoms with van der Waals surface area (Å²) >= 11 is 5.37. The average molecular weight is 371 g/mol. The first-order chi connectivity index (χ1) is 10.2. The van der Waals surface area contributed by atoms with Gasteiger partial charge in [-0.25, -0.2) is 0 Å². The zero-order chi connectivity index (χ0) is 14.7. The number of amides is 1. The Morgan fingerprint density at radius 3 is 3.05 bits per heavy atom. The molecule has 0 spiro atoms. The lowest BCUT2D eigenvalue weighted by molar-refractivity contribution is -0.118. The van der Waals surface area contributed by atoms with Crippen molar-refractivity contribution in [2.45, 2.75) is 17.7 Å². The summed E-state index contributed by atoms with van der Waals surface area (Å²) in [5.41, 5.74) is 0.845. The number of hydrogen-bond donors (Lipinski definition) is 1. The number of nitrogens with zero attached hydrogens (tertiary/aromatic N) is 1. The van der Waals surface area contributed by atoms with Crippen LogP contribution in [0.2, 0.25) is 0 Å². The Kier molecular flexibility index (Phi) is 5.21. The second-order valence-corrected chi connectivity index (χ2v) is 7.63. The van der Waals surface area contributed by atoms with Crippen LogP contribution in [0.15, 0.2) is 28.7 Å². The third-order valence-corrected chi connectivity index (χ3v) is 5.75. The first kappa shape index (κ1) is 15.3. The number of fused-ring (bicyclic) bond motifs is 1. The molecule has 114 valence electrons. The predicted octanol–water partition coefficient (Wildman–Crippen LogP) is 2.59. The maximum absolute atomic E-state index is 12.2. The number of nitrogens with one attached hydrogen (secondary N) is 1. The van der Waals surface area contributed by atoms with Gasteiger partial charge in [0.05, 0.1) is 13.2 Å². The Morgan fingerprint density at radius 2 is 2.24 bits per heavy atom. The molecule has 2 aliphatic heterocycles. The smallest absolute Gasteiger partial charge is 0.238 e. The van der Waals surface area contributed by atoms with Crippen LogP contribution in [-0.4, -0.2) is 54.2 Å². The third-order valence-electron chi connectivity index (χ3n) is 3.92. The Hall–Kier alpha value is -0.560. The summed E-state index contributed by atoms with van der Waals surface area (Å²) in [6, 6.07) is 8.16. The summed E-state index contributed by atoms with van der Waals surface area (Å²) < 4.78 is 6.56. The van der Waals surface area contributed by atoms with E-state index in [1.165, 1.54) is 0 Å². The molecule has 0 radical (unpaired) electrons. The summed E-state index contributed by atoms with van der Waals surface area (Å²) in [6.45, 7) is 3.09. The van der Waals surface area contributed by atoms with Crippen LogP contribution in [0.4, 0.5) is 5.69 Å². The second kappa shape index (κ2) is 7.13. The normalized spacial score (nSPS) is 26.1. The van der Waals surface area contributed by atoms with E-state index in [0.717, 1.165) is 42.1 Å². The van der Waals surface area contributed by atoms with Crippen LogP contribution in [0.25, 0.3) is 0 Å². The van der Waals surface area contributed by atoms with Gasteiger partial charge in [-0.15, -0.1) is 0 Å². The van der Waals surface area contributed by atoms with Crippen molar-refractivity contribution < 1.29 is 9.53 Å². The fraction of sp³-hybridized carbons (Fsp3) is 0.533. The lowest BCUT2D eigenvalue weighted by Crippen LogP contribution is -2.53. The van der Waals surface area contributed by atoms with Gasteiger partial charge in [0, 0.05) is 40.4 Å². The molecule has 1 N–H and O–H groups in total. The molecule has 6 heteroatoms. The maximum atomic E-state index is 12.2. The molecule has 1 aromatic carbocycles. The van der Waals surface area contributed by atoms with E-state index < -0.39 is 0 Å². The molecule has 0 aliphatic carbocycles. The number of benzene rings is 1. The van der Waals surface area contributed by atoms with E-state index in [4.69, 9.17) is 4.74 Å². The number of anilines is 1. The monoisotopic (exact) mass is 370 g/mol. The molecular formula is C15H19BrN2O2S. The van der Waals surface area contributed by atoms with Crippen LogP contribution >= 0.6 is 27.7 Å². The molecule has 1 amide bonds. The highest BCUT2D eigenvalue weighted by Gasteiger charge is 2.35. The van der Waals surface area contributed by atoms with E-state index in [9.17, 15) is 4.79 Å². The second-order valence-electron chi connectivity index (χ2n) is 5.37. The predicted molar refractivity (Wildman–Crippen MR) is 89.8 cm³/mol. The average Bonchev–Trinajstić information content (AvgIpc) is 2.50. The number of ether oxygens (including phenoxy) is 1. The van der Waals surface area contributed by atoms with Crippen molar-refractivity contribution in [3.8, 4) is 0 Å². The highest BCUT2D eigenvalue weighted by atomic mass is 79.9. The molecule has 0 aromatic heterocycles. The molecule has 2 unspecified atom stereocenters. The molecule has 3 rings (SSSR count). The Morgan fingerprint density at radius 1 is 1.43 bits per heavy atom. The number of thioether (sulfide) groups is 1. The third kappa shape index (κ3) is 4.00. The fourth-order valence-corrected chi connectivity index (χ4v) is 4.51. The van der Waals surface area contributed by atoms with Gasteiger partial charge >= 0.3 is 0 Å². The summed E-state index contributed by atoms with van der Waals surface area (Å²) in [6.07, 6.45) is 1.03. The van der Waals surface area contributed by atoms with Crippen LogP contribution in [0.1, 0.15) is 6.42 Å². The molecule has 2 heterocycles. The first-order valence-corrected chi connectivity index (χ1v) is 9.05. The summed E-state index contributed by atoms with van der Waals surface area (Å²) in [4.78, 5) is 14.6. The topological polar surface area (TPSA) is 41.6 Å². The maximum Gasteiger partial charge on any atom is 0.238 e. The number of hydrogen-bond acceptors (Lipinski definition) is 4. The van der Waals surface area contributed by atoms with Crippen molar-refractivity contribution in [1.29, 1.82) is 0 Å². The molecule has 2 fully saturated rings. The van der Waals surface area contributed by atoms with Gasteiger partial charge in [0.1, 0.15) is 0 Å². The minimum absolute atomic E-state index is 0.0643. The Bertz CT molecular complexity index is 495. The van der Waals surface area contributed by atoms with Gasteiger partial charge < -0.3 is 10.1 Å². The highest BCUT2D eigenvalue weighted by Crippen LogP contribution is 2.29. The van der Waals surface area contributed by atoms with Gasteiger partial charge in [-0.05, 0) is 30.7 Å². The lowest BCUT2D eigenvalue weighted by Gasteiger charge is -2.43. The van der Waals surface area contributed by atoms with Gasteiger partial charge in [-0.2, -0.15) is 11.8 Å². The van der Waals surface area contributed by atoms with Crippen LogP contribution in [-0.2, 0) is 9.53 Å². The van der Waals surface area contributed by atoms with Crippen molar-refractivity contribution in [3.05, 3.63) is 28.7 Å². The summed E-state index contributed by atoms with van der Waals surface area (Å²) in [7, 11) is 0. The molecule has 0 saturated carbocycles. The molecule has 21 heavy (non-hydrogen) atoms. The van der Waals surface area contributed by atoms with Crippen molar-refractivity contribution in [1.82, 2.24) is 4.90 Å². The Balaban J connectivity index is 1.57. The SMILES string of the molecule is O=C(CN1CCSC2COCCC21)Nc1ccc(Br)cc1. The largest absolute Gasteiger partial charge is 0.380 e. The van der Waals surface area contributed by atoms with E-state index in [1.807, 2.05) is 36.0 Å². The van der Waals surface area contributed by atoms with Gasteiger partial charge in [0.25, 0.3) is 0 Å². The zero-order valence-corrected chi connectivity index (χ0v) is 14.2. The lowest BCUT2D eigenvalue weighted by atomic mass is 10.1.